The van der Waals surface area contributed by atoms with E-state index >= 15 is 0 Å². The summed E-state index contributed by atoms with van der Waals surface area (Å²) in [5.41, 5.74) is 4.13. The summed E-state index contributed by atoms with van der Waals surface area (Å²) >= 11 is 0. The zero-order valence-electron chi connectivity index (χ0n) is 15.7. The quantitative estimate of drug-likeness (QED) is 0.407. The molecule has 4 aromatic rings. The van der Waals surface area contributed by atoms with Crippen molar-refractivity contribution < 1.29 is 10.0 Å². The summed E-state index contributed by atoms with van der Waals surface area (Å²) in [5.74, 6) is 0.796. The number of hydrogen-bond donors (Lipinski definition) is 1. The molecule has 7 heteroatoms. The number of nitrogens with zero attached hydrogens (tertiary/aromatic N) is 4. The van der Waals surface area contributed by atoms with Crippen LogP contribution in [0.4, 0.5) is 11.4 Å². The summed E-state index contributed by atoms with van der Waals surface area (Å²) in [7, 11) is 0. The van der Waals surface area contributed by atoms with Crippen molar-refractivity contribution in [3.63, 3.8) is 0 Å². The number of para-hydroxylation sites is 3. The Balaban J connectivity index is 1.87. The number of anilines is 1. The molecule has 1 aliphatic heterocycles. The Labute approximate surface area is 166 Å². The number of imidazole rings is 1. The lowest BCUT2D eigenvalue weighted by Gasteiger charge is -2.40. The van der Waals surface area contributed by atoms with E-state index in [2.05, 4.69) is 9.47 Å². The number of hydrogen-bond acceptors (Lipinski definition) is 5. The number of benzene rings is 3. The van der Waals surface area contributed by atoms with Crippen molar-refractivity contribution in [1.82, 2.24) is 9.55 Å². The lowest BCUT2D eigenvalue weighted by molar-refractivity contribution is -0.385. The average molecular weight is 386 g/mol. The highest BCUT2D eigenvalue weighted by Gasteiger charge is 2.35. The summed E-state index contributed by atoms with van der Waals surface area (Å²) in [4.78, 5) is 17.9. The fraction of sp³-hybridized carbons (Fsp3) is 0.136. The van der Waals surface area contributed by atoms with Crippen LogP contribution in [0.2, 0.25) is 0 Å². The third-order valence-corrected chi connectivity index (χ3v) is 5.43. The molecule has 0 aliphatic carbocycles. The van der Waals surface area contributed by atoms with Gasteiger partial charge in [0.15, 0.2) is 0 Å². The van der Waals surface area contributed by atoms with Crippen LogP contribution in [-0.2, 0) is 0 Å². The highest BCUT2D eigenvalue weighted by atomic mass is 16.6. The molecule has 0 bridgehead atoms. The van der Waals surface area contributed by atoms with Crippen molar-refractivity contribution >= 4 is 22.4 Å². The van der Waals surface area contributed by atoms with E-state index in [0.29, 0.717) is 12.1 Å². The SMILES string of the molecule is CCN1c2ccccc2-c2nc3ccccc3n2[C@@H]1c1cc([N+](=O)[O-])ccc1O. The number of phenolic OH excluding ortho intramolecular Hbond substituents is 1. The first-order valence-electron chi connectivity index (χ1n) is 9.40. The molecule has 0 unspecified atom stereocenters. The van der Waals surface area contributed by atoms with Crippen LogP contribution in [0.15, 0.2) is 66.7 Å². The van der Waals surface area contributed by atoms with Gasteiger partial charge in [0, 0.05) is 35.5 Å². The predicted molar refractivity (Wildman–Crippen MR) is 111 cm³/mol. The Morgan fingerprint density at radius 3 is 2.66 bits per heavy atom. The smallest absolute Gasteiger partial charge is 0.270 e. The first-order chi connectivity index (χ1) is 14.1. The normalized spacial score (nSPS) is 15.2. The Morgan fingerprint density at radius 2 is 1.86 bits per heavy atom. The molecule has 0 fully saturated rings. The van der Waals surface area contributed by atoms with Crippen molar-refractivity contribution in [1.29, 1.82) is 0 Å². The van der Waals surface area contributed by atoms with Gasteiger partial charge in [-0.3, -0.25) is 14.7 Å². The van der Waals surface area contributed by atoms with E-state index in [4.69, 9.17) is 4.98 Å². The van der Waals surface area contributed by atoms with Crippen molar-refractivity contribution in [2.24, 2.45) is 0 Å². The molecule has 29 heavy (non-hydrogen) atoms. The van der Waals surface area contributed by atoms with Gasteiger partial charge in [-0.05, 0) is 37.3 Å². The van der Waals surface area contributed by atoms with Crippen molar-refractivity contribution in [3.05, 3.63) is 82.4 Å². The first kappa shape index (κ1) is 17.2. The molecule has 1 N–H and O–H groups in total. The number of rotatable bonds is 3. The average Bonchev–Trinajstić information content (AvgIpc) is 3.13. The highest BCUT2D eigenvalue weighted by Crippen LogP contribution is 2.46. The van der Waals surface area contributed by atoms with E-state index in [9.17, 15) is 15.2 Å². The molecule has 0 spiro atoms. The Hall–Kier alpha value is -3.87. The van der Waals surface area contributed by atoms with Crippen molar-refractivity contribution in [2.45, 2.75) is 13.1 Å². The number of phenols is 1. The second kappa shape index (κ2) is 6.34. The van der Waals surface area contributed by atoms with E-state index in [1.807, 2.05) is 55.5 Å². The van der Waals surface area contributed by atoms with Crippen LogP contribution < -0.4 is 4.90 Å². The number of aromatic nitrogens is 2. The highest BCUT2D eigenvalue weighted by molar-refractivity contribution is 5.87. The van der Waals surface area contributed by atoms with Gasteiger partial charge in [0.2, 0.25) is 0 Å². The van der Waals surface area contributed by atoms with Gasteiger partial charge in [-0.1, -0.05) is 24.3 Å². The van der Waals surface area contributed by atoms with E-state index in [-0.39, 0.29) is 11.4 Å². The molecule has 1 atom stereocenters. The van der Waals surface area contributed by atoms with E-state index in [0.717, 1.165) is 28.1 Å². The zero-order valence-corrected chi connectivity index (χ0v) is 15.7. The van der Waals surface area contributed by atoms with Crippen LogP contribution in [0.25, 0.3) is 22.4 Å². The Kier molecular flexibility index (Phi) is 3.77. The summed E-state index contributed by atoms with van der Waals surface area (Å²) in [6.45, 7) is 2.68. The summed E-state index contributed by atoms with van der Waals surface area (Å²) < 4.78 is 2.06. The predicted octanol–water partition coefficient (Wildman–Crippen LogP) is 4.70. The number of fused-ring (bicyclic) bond motifs is 5. The summed E-state index contributed by atoms with van der Waals surface area (Å²) in [6, 6.07) is 19.9. The standard InChI is InChI=1S/C22H18N4O3/c1-2-24-18-9-5-3-7-15(18)21-23-17-8-4-6-10-19(17)25(21)22(24)16-13-14(26(28)29)11-12-20(16)27/h3-13,22,27H,2H2,1H3/t22-/m1/s1. The van der Waals surface area contributed by atoms with Crippen LogP contribution in [0.3, 0.4) is 0 Å². The molecule has 1 aliphatic rings. The Morgan fingerprint density at radius 1 is 1.10 bits per heavy atom. The largest absolute Gasteiger partial charge is 0.508 e. The molecule has 0 saturated heterocycles. The van der Waals surface area contributed by atoms with Crippen molar-refractivity contribution in [3.8, 4) is 17.1 Å². The number of aromatic hydroxyl groups is 1. The molecule has 3 aromatic carbocycles. The van der Waals surface area contributed by atoms with Gasteiger partial charge < -0.3 is 10.0 Å². The van der Waals surface area contributed by atoms with Gasteiger partial charge in [-0.2, -0.15) is 0 Å². The molecule has 0 amide bonds. The third-order valence-electron chi connectivity index (χ3n) is 5.43. The lowest BCUT2D eigenvalue weighted by Crippen LogP contribution is -2.37. The van der Waals surface area contributed by atoms with Gasteiger partial charge in [0.25, 0.3) is 5.69 Å². The fourth-order valence-electron chi connectivity index (χ4n) is 4.18. The molecule has 1 aromatic heterocycles. The number of non-ortho nitro benzene ring substituents is 1. The lowest BCUT2D eigenvalue weighted by atomic mass is 10.0. The van der Waals surface area contributed by atoms with Gasteiger partial charge in [-0.25, -0.2) is 4.98 Å². The van der Waals surface area contributed by atoms with Crippen LogP contribution in [0.1, 0.15) is 18.7 Å². The molecule has 0 saturated carbocycles. The van der Waals surface area contributed by atoms with Crippen LogP contribution in [0.5, 0.6) is 5.75 Å². The minimum atomic E-state index is -0.461. The minimum Gasteiger partial charge on any atom is -0.508 e. The molecule has 5 rings (SSSR count). The molecular weight excluding hydrogens is 368 g/mol. The monoisotopic (exact) mass is 386 g/mol. The number of nitro benzene ring substituents is 1. The van der Waals surface area contributed by atoms with Gasteiger partial charge in [0.05, 0.1) is 16.0 Å². The van der Waals surface area contributed by atoms with E-state index in [1.54, 1.807) is 0 Å². The molecule has 7 nitrogen and oxygen atoms in total. The van der Waals surface area contributed by atoms with Gasteiger partial charge >= 0.3 is 0 Å². The van der Waals surface area contributed by atoms with Crippen LogP contribution >= 0.6 is 0 Å². The summed E-state index contributed by atoms with van der Waals surface area (Å²) in [5, 5.41) is 22.1. The first-order valence-corrected chi connectivity index (χ1v) is 9.40. The van der Waals surface area contributed by atoms with Gasteiger partial charge in [-0.15, -0.1) is 0 Å². The maximum Gasteiger partial charge on any atom is 0.270 e. The van der Waals surface area contributed by atoms with Crippen LogP contribution in [0, 0.1) is 10.1 Å². The van der Waals surface area contributed by atoms with Crippen molar-refractivity contribution in [2.75, 3.05) is 11.4 Å². The summed E-state index contributed by atoms with van der Waals surface area (Å²) in [6.07, 6.45) is -0.461. The van der Waals surface area contributed by atoms with Gasteiger partial charge in [0.1, 0.15) is 17.7 Å². The minimum absolute atomic E-state index is 0.0159. The topological polar surface area (TPSA) is 84.4 Å². The molecule has 144 valence electrons. The maximum absolute atomic E-state index is 11.4. The Bertz CT molecular complexity index is 1260. The molecular formula is C22H18N4O3. The van der Waals surface area contributed by atoms with Crippen LogP contribution in [-0.4, -0.2) is 26.1 Å². The molecule has 0 radical (unpaired) electrons. The second-order valence-corrected chi connectivity index (χ2v) is 6.97. The van der Waals surface area contributed by atoms with E-state index < -0.39 is 11.1 Å². The fourth-order valence-corrected chi connectivity index (χ4v) is 4.18. The maximum atomic E-state index is 11.4. The third kappa shape index (κ3) is 2.47. The number of nitro groups is 1. The second-order valence-electron chi connectivity index (χ2n) is 6.97. The zero-order chi connectivity index (χ0) is 20.1. The molecule has 2 heterocycles. The van der Waals surface area contributed by atoms with E-state index in [1.165, 1.54) is 18.2 Å².